The predicted molar refractivity (Wildman–Crippen MR) is 60.9 cm³/mol. The van der Waals surface area contributed by atoms with Gasteiger partial charge in [-0.3, -0.25) is 9.52 Å². The molecule has 17 heavy (non-hydrogen) atoms. The fraction of sp³-hybridized carbons (Fsp3) is 0.200. The second-order valence-corrected chi connectivity index (χ2v) is 5.12. The lowest BCUT2D eigenvalue weighted by molar-refractivity contribution is -0.134. The third-order valence-corrected chi connectivity index (χ3v) is 3.10. The Labute approximate surface area is 98.6 Å². The van der Waals surface area contributed by atoms with Gasteiger partial charge in [-0.05, 0) is 24.6 Å². The maximum Gasteiger partial charge on any atom is 0.320 e. The maximum absolute atomic E-state index is 11.4. The van der Waals surface area contributed by atoms with E-state index in [9.17, 15) is 13.2 Å². The topological polar surface area (TPSA) is 107 Å². The molecule has 1 aromatic carbocycles. The van der Waals surface area contributed by atoms with Crippen LogP contribution >= 0.6 is 0 Å². The molecule has 0 aliphatic carbocycles. The molecule has 6 nitrogen and oxygen atoms in total. The van der Waals surface area contributed by atoms with Crippen LogP contribution in [0.15, 0.2) is 18.2 Å². The zero-order valence-corrected chi connectivity index (χ0v) is 9.78. The molecule has 0 spiro atoms. The Morgan fingerprint density at radius 3 is 2.71 bits per heavy atom. The molecule has 0 amide bonds. The highest BCUT2D eigenvalue weighted by Crippen LogP contribution is 2.17. The minimum absolute atomic E-state index is 0.213. The highest BCUT2D eigenvalue weighted by molar-refractivity contribution is 7.93. The van der Waals surface area contributed by atoms with Gasteiger partial charge in [-0.2, -0.15) is 5.26 Å². The first kappa shape index (κ1) is 13.0. The highest BCUT2D eigenvalue weighted by atomic mass is 32.2. The summed E-state index contributed by atoms with van der Waals surface area (Å²) in [5, 5.41) is 17.1. The van der Waals surface area contributed by atoms with Gasteiger partial charge in [0.1, 0.15) is 0 Å². The van der Waals surface area contributed by atoms with Crippen molar-refractivity contribution in [2.75, 3.05) is 10.5 Å². The molecule has 0 saturated carbocycles. The van der Waals surface area contributed by atoms with E-state index >= 15 is 0 Å². The number of nitrogens with zero attached hydrogens (tertiary/aromatic N) is 1. The molecule has 0 bridgehead atoms. The van der Waals surface area contributed by atoms with Gasteiger partial charge in [0.25, 0.3) is 0 Å². The molecule has 0 unspecified atom stereocenters. The number of nitrogens with one attached hydrogen (secondary N) is 1. The van der Waals surface area contributed by atoms with Crippen LogP contribution < -0.4 is 4.72 Å². The summed E-state index contributed by atoms with van der Waals surface area (Å²) in [6, 6.07) is 6.35. The molecule has 0 atom stereocenters. The van der Waals surface area contributed by atoms with Crippen molar-refractivity contribution in [3.8, 4) is 6.07 Å². The fourth-order valence-electron chi connectivity index (χ4n) is 1.17. The van der Waals surface area contributed by atoms with E-state index in [1.165, 1.54) is 6.07 Å². The molecule has 0 aliphatic heterocycles. The number of nitriles is 1. The first-order chi connectivity index (χ1) is 7.84. The van der Waals surface area contributed by atoms with E-state index in [0.29, 0.717) is 11.1 Å². The minimum Gasteiger partial charge on any atom is -0.480 e. The number of benzene rings is 1. The first-order valence-electron chi connectivity index (χ1n) is 4.57. The van der Waals surface area contributed by atoms with Gasteiger partial charge in [-0.25, -0.2) is 8.42 Å². The molecule has 1 aromatic rings. The number of sulfonamides is 1. The molecule has 0 aliphatic rings. The molecule has 1 rings (SSSR count). The number of aryl methyl sites for hydroxylation is 1. The van der Waals surface area contributed by atoms with Crippen molar-refractivity contribution in [3.63, 3.8) is 0 Å². The Hall–Kier alpha value is -2.07. The van der Waals surface area contributed by atoms with Gasteiger partial charge in [0, 0.05) is 0 Å². The van der Waals surface area contributed by atoms with Gasteiger partial charge in [0.15, 0.2) is 5.75 Å². The number of hydrogen-bond donors (Lipinski definition) is 2. The van der Waals surface area contributed by atoms with E-state index in [0.717, 1.165) is 0 Å². The van der Waals surface area contributed by atoms with Crippen LogP contribution in [0.25, 0.3) is 0 Å². The predicted octanol–water partition coefficient (Wildman–Crippen LogP) is 0.693. The monoisotopic (exact) mass is 254 g/mol. The lowest BCUT2D eigenvalue weighted by atomic mass is 10.1. The molecule has 0 fully saturated rings. The summed E-state index contributed by atoms with van der Waals surface area (Å²) in [7, 11) is -3.94. The van der Waals surface area contributed by atoms with E-state index in [4.69, 9.17) is 10.4 Å². The van der Waals surface area contributed by atoms with Crippen LogP contribution in [0.2, 0.25) is 0 Å². The van der Waals surface area contributed by atoms with Crippen LogP contribution in [0.4, 0.5) is 5.69 Å². The molecule has 0 radical (unpaired) electrons. The van der Waals surface area contributed by atoms with Crippen LogP contribution in [0.5, 0.6) is 0 Å². The molecule has 2 N–H and O–H groups in total. The smallest absolute Gasteiger partial charge is 0.320 e. The summed E-state index contributed by atoms with van der Waals surface area (Å²) in [6.45, 7) is 1.65. The standard InChI is InChI=1S/C10H10N2O4S/c1-7-2-3-8(5-11)4-9(7)12-17(15,16)6-10(13)14/h2-4,12H,6H2,1H3,(H,13,14). The number of carboxylic acid groups (broad SMARTS) is 1. The number of carbonyl (C=O) groups is 1. The number of anilines is 1. The average molecular weight is 254 g/mol. The Balaban J connectivity index is 3.03. The molecular weight excluding hydrogens is 244 g/mol. The van der Waals surface area contributed by atoms with Crippen molar-refractivity contribution in [2.24, 2.45) is 0 Å². The summed E-state index contributed by atoms with van der Waals surface area (Å²) >= 11 is 0. The Bertz CT molecular complexity index is 587. The van der Waals surface area contributed by atoms with Gasteiger partial charge < -0.3 is 5.11 Å². The van der Waals surface area contributed by atoms with Crippen molar-refractivity contribution in [1.29, 1.82) is 5.26 Å². The van der Waals surface area contributed by atoms with E-state index in [1.54, 1.807) is 19.1 Å². The lowest BCUT2D eigenvalue weighted by Gasteiger charge is -2.09. The quantitative estimate of drug-likeness (QED) is 0.822. The maximum atomic E-state index is 11.4. The summed E-state index contributed by atoms with van der Waals surface area (Å²) in [4.78, 5) is 10.3. The van der Waals surface area contributed by atoms with Gasteiger partial charge in [-0.1, -0.05) is 6.07 Å². The lowest BCUT2D eigenvalue weighted by Crippen LogP contribution is -2.22. The molecule has 0 aromatic heterocycles. The molecule has 7 heteroatoms. The molecule has 0 saturated heterocycles. The van der Waals surface area contributed by atoms with Gasteiger partial charge in [-0.15, -0.1) is 0 Å². The summed E-state index contributed by atoms with van der Waals surface area (Å²) in [5.41, 5.74) is 1.12. The Morgan fingerprint density at radius 2 is 2.18 bits per heavy atom. The van der Waals surface area contributed by atoms with Gasteiger partial charge in [0.05, 0.1) is 17.3 Å². The third kappa shape index (κ3) is 3.77. The zero-order valence-electron chi connectivity index (χ0n) is 8.97. The normalized spacial score (nSPS) is 10.6. The molecule has 0 heterocycles. The number of rotatable bonds is 4. The van der Waals surface area contributed by atoms with E-state index in [2.05, 4.69) is 4.72 Å². The second-order valence-electron chi connectivity index (χ2n) is 3.40. The van der Waals surface area contributed by atoms with Crippen LogP contribution in [0, 0.1) is 18.3 Å². The largest absolute Gasteiger partial charge is 0.480 e. The molecule has 90 valence electrons. The summed E-state index contributed by atoms with van der Waals surface area (Å²) < 4.78 is 24.9. The van der Waals surface area contributed by atoms with Crippen LogP contribution in [-0.4, -0.2) is 25.2 Å². The van der Waals surface area contributed by atoms with Crippen LogP contribution in [0.1, 0.15) is 11.1 Å². The van der Waals surface area contributed by atoms with Crippen molar-refractivity contribution in [3.05, 3.63) is 29.3 Å². The van der Waals surface area contributed by atoms with Crippen molar-refractivity contribution in [2.45, 2.75) is 6.92 Å². The second kappa shape index (κ2) is 4.84. The SMILES string of the molecule is Cc1ccc(C#N)cc1NS(=O)(=O)CC(=O)O. The first-order valence-corrected chi connectivity index (χ1v) is 6.22. The van der Waals surface area contributed by atoms with Crippen LogP contribution in [0.3, 0.4) is 0 Å². The van der Waals surface area contributed by atoms with E-state index in [1.807, 2.05) is 6.07 Å². The Morgan fingerprint density at radius 1 is 1.53 bits per heavy atom. The third-order valence-electron chi connectivity index (χ3n) is 1.95. The number of carboxylic acids is 1. The summed E-state index contributed by atoms with van der Waals surface area (Å²) in [6.07, 6.45) is 0. The minimum atomic E-state index is -3.94. The van der Waals surface area contributed by atoms with Crippen molar-refractivity contribution < 1.29 is 18.3 Å². The number of hydrogen-bond acceptors (Lipinski definition) is 4. The van der Waals surface area contributed by atoms with Crippen molar-refractivity contribution in [1.82, 2.24) is 0 Å². The van der Waals surface area contributed by atoms with Gasteiger partial charge in [0.2, 0.25) is 10.0 Å². The number of aliphatic carboxylic acids is 1. The van der Waals surface area contributed by atoms with E-state index in [-0.39, 0.29) is 5.69 Å². The average Bonchev–Trinajstić information content (AvgIpc) is 2.19. The van der Waals surface area contributed by atoms with Crippen LogP contribution in [-0.2, 0) is 14.8 Å². The summed E-state index contributed by atoms with van der Waals surface area (Å²) in [5.74, 6) is -2.45. The molecular formula is C10H10N2O4S. The van der Waals surface area contributed by atoms with Crippen molar-refractivity contribution >= 4 is 21.7 Å². The zero-order chi connectivity index (χ0) is 13.1. The highest BCUT2D eigenvalue weighted by Gasteiger charge is 2.16. The fourth-order valence-corrected chi connectivity index (χ4v) is 2.12. The van der Waals surface area contributed by atoms with E-state index < -0.39 is 21.7 Å². The van der Waals surface area contributed by atoms with Gasteiger partial charge >= 0.3 is 5.97 Å². The Kier molecular flexibility index (Phi) is 3.70.